The molecule has 0 amide bonds. The molecule has 0 bridgehead atoms. The lowest BCUT2D eigenvalue weighted by molar-refractivity contribution is 0.581. The van der Waals surface area contributed by atoms with E-state index in [1.807, 2.05) is 31.2 Å². The third-order valence-corrected chi connectivity index (χ3v) is 4.13. The number of nitrogens with zero attached hydrogens (tertiary/aromatic N) is 1. The summed E-state index contributed by atoms with van der Waals surface area (Å²) < 4.78 is 22.3. The van der Waals surface area contributed by atoms with Crippen LogP contribution in [0.5, 0.6) is 0 Å². The van der Waals surface area contributed by atoms with Gasteiger partial charge in [-0.25, -0.2) is 8.42 Å². The van der Waals surface area contributed by atoms with Crippen LogP contribution in [-0.2, 0) is 16.4 Å². The van der Waals surface area contributed by atoms with Crippen molar-refractivity contribution in [2.45, 2.75) is 25.9 Å². The van der Waals surface area contributed by atoms with E-state index >= 15 is 0 Å². The van der Waals surface area contributed by atoms with Crippen LogP contribution < -0.4 is 10.6 Å². The third-order valence-electron chi connectivity index (χ3n) is 2.90. The number of hydrogen-bond acceptors (Lipinski definition) is 3. The summed E-state index contributed by atoms with van der Waals surface area (Å²) in [6.07, 6.45) is 1.79. The van der Waals surface area contributed by atoms with Gasteiger partial charge in [-0.3, -0.25) is 4.99 Å². The second-order valence-corrected chi connectivity index (χ2v) is 7.71. The Bertz CT molecular complexity index is 570. The van der Waals surface area contributed by atoms with Crippen LogP contribution in [0.2, 0.25) is 5.02 Å². The maximum absolute atomic E-state index is 11.1. The molecule has 0 spiro atoms. The van der Waals surface area contributed by atoms with Gasteiger partial charge in [-0.05, 0) is 31.0 Å². The van der Waals surface area contributed by atoms with E-state index in [2.05, 4.69) is 15.6 Å². The second kappa shape index (κ2) is 8.24. The topological polar surface area (TPSA) is 70.6 Å². The predicted molar refractivity (Wildman–Crippen MR) is 88.6 cm³/mol. The summed E-state index contributed by atoms with van der Waals surface area (Å²) in [6.45, 7) is 2.55. The van der Waals surface area contributed by atoms with Crippen molar-refractivity contribution < 1.29 is 8.42 Å². The minimum absolute atomic E-state index is 0.0242. The molecule has 0 saturated carbocycles. The number of hydrogen-bond donors (Lipinski definition) is 2. The zero-order valence-electron chi connectivity index (χ0n) is 12.6. The molecule has 0 aliphatic heterocycles. The van der Waals surface area contributed by atoms with Crippen LogP contribution in [0.25, 0.3) is 0 Å². The van der Waals surface area contributed by atoms with Gasteiger partial charge in [-0.2, -0.15) is 0 Å². The number of benzene rings is 1. The summed E-state index contributed by atoms with van der Waals surface area (Å²) in [5.74, 6) is 0.806. The van der Waals surface area contributed by atoms with Gasteiger partial charge in [0.1, 0.15) is 9.84 Å². The van der Waals surface area contributed by atoms with Crippen molar-refractivity contribution >= 4 is 27.4 Å². The Morgan fingerprint density at radius 2 is 1.95 bits per heavy atom. The molecule has 0 heterocycles. The van der Waals surface area contributed by atoms with Gasteiger partial charge in [0, 0.05) is 30.9 Å². The van der Waals surface area contributed by atoms with E-state index in [0.29, 0.717) is 23.9 Å². The lowest BCUT2D eigenvalue weighted by Gasteiger charge is -2.17. The average Bonchev–Trinajstić information content (AvgIpc) is 2.42. The predicted octanol–water partition coefficient (Wildman–Crippen LogP) is 1.83. The molecule has 1 aromatic rings. The smallest absolute Gasteiger partial charge is 0.191 e. The van der Waals surface area contributed by atoms with E-state index in [-0.39, 0.29) is 11.8 Å². The lowest BCUT2D eigenvalue weighted by Crippen LogP contribution is -2.42. The molecule has 2 N–H and O–H groups in total. The standard InChI is InChI=1S/C14H22ClN3O2S/c1-11(8-9-21(3,19)20)18-14(16-2)17-10-12-4-6-13(15)7-5-12/h4-7,11H,8-10H2,1-3H3,(H2,16,17,18). The molecule has 0 aliphatic carbocycles. The molecule has 0 radical (unpaired) electrons. The van der Waals surface area contributed by atoms with Crippen molar-refractivity contribution in [3.63, 3.8) is 0 Å². The van der Waals surface area contributed by atoms with Gasteiger partial charge < -0.3 is 10.6 Å². The molecule has 5 nitrogen and oxygen atoms in total. The van der Waals surface area contributed by atoms with Crippen LogP contribution in [0.4, 0.5) is 0 Å². The van der Waals surface area contributed by atoms with Crippen LogP contribution in [0.3, 0.4) is 0 Å². The molecular weight excluding hydrogens is 310 g/mol. The highest BCUT2D eigenvalue weighted by atomic mass is 35.5. The minimum Gasteiger partial charge on any atom is -0.354 e. The largest absolute Gasteiger partial charge is 0.354 e. The summed E-state index contributed by atoms with van der Waals surface area (Å²) in [5, 5.41) is 7.05. The van der Waals surface area contributed by atoms with Crippen LogP contribution >= 0.6 is 11.6 Å². The average molecular weight is 332 g/mol. The number of sulfone groups is 1. The van der Waals surface area contributed by atoms with Crippen molar-refractivity contribution in [2.75, 3.05) is 19.1 Å². The fourth-order valence-corrected chi connectivity index (χ4v) is 2.59. The van der Waals surface area contributed by atoms with Crippen molar-refractivity contribution in [2.24, 2.45) is 4.99 Å². The van der Waals surface area contributed by atoms with Crippen LogP contribution in [0.15, 0.2) is 29.3 Å². The molecule has 118 valence electrons. The van der Waals surface area contributed by atoms with Gasteiger partial charge in [-0.15, -0.1) is 0 Å². The van der Waals surface area contributed by atoms with Crippen molar-refractivity contribution in [3.05, 3.63) is 34.9 Å². The Morgan fingerprint density at radius 3 is 2.48 bits per heavy atom. The maximum atomic E-state index is 11.1. The first kappa shape index (κ1) is 17.8. The Morgan fingerprint density at radius 1 is 1.33 bits per heavy atom. The monoisotopic (exact) mass is 331 g/mol. The van der Waals surface area contributed by atoms with Crippen molar-refractivity contribution in [1.29, 1.82) is 0 Å². The molecule has 0 aliphatic rings. The van der Waals surface area contributed by atoms with E-state index in [1.54, 1.807) is 7.05 Å². The SMILES string of the molecule is CN=C(NCc1ccc(Cl)cc1)NC(C)CCS(C)(=O)=O. The molecule has 1 unspecified atom stereocenters. The molecule has 1 rings (SSSR count). The van der Waals surface area contributed by atoms with Crippen LogP contribution in [0.1, 0.15) is 18.9 Å². The normalized spacial score (nSPS) is 13.8. The Balaban J connectivity index is 2.43. The van der Waals surface area contributed by atoms with Gasteiger partial charge in [0.2, 0.25) is 0 Å². The third kappa shape index (κ3) is 7.92. The number of halogens is 1. The van der Waals surface area contributed by atoms with Crippen molar-refractivity contribution in [1.82, 2.24) is 10.6 Å². The highest BCUT2D eigenvalue weighted by molar-refractivity contribution is 7.90. The summed E-state index contributed by atoms with van der Waals surface area (Å²) in [4.78, 5) is 4.12. The van der Waals surface area contributed by atoms with Gasteiger partial charge in [0.25, 0.3) is 0 Å². The van der Waals surface area contributed by atoms with Crippen LogP contribution in [-0.4, -0.2) is 39.5 Å². The molecule has 0 aromatic heterocycles. The van der Waals surface area contributed by atoms with Gasteiger partial charge in [0.15, 0.2) is 5.96 Å². The van der Waals surface area contributed by atoms with Crippen molar-refractivity contribution in [3.8, 4) is 0 Å². The van der Waals surface area contributed by atoms with Gasteiger partial charge in [0.05, 0.1) is 5.75 Å². The quantitative estimate of drug-likeness (QED) is 0.616. The number of guanidine groups is 1. The highest BCUT2D eigenvalue weighted by Crippen LogP contribution is 2.09. The molecule has 7 heteroatoms. The van der Waals surface area contributed by atoms with E-state index in [9.17, 15) is 8.42 Å². The first-order valence-electron chi connectivity index (χ1n) is 6.69. The maximum Gasteiger partial charge on any atom is 0.191 e. The molecule has 1 aromatic carbocycles. The summed E-state index contributed by atoms with van der Waals surface area (Å²) >= 11 is 5.84. The zero-order chi connectivity index (χ0) is 15.9. The number of rotatable bonds is 6. The number of nitrogens with one attached hydrogen (secondary N) is 2. The fraction of sp³-hybridized carbons (Fsp3) is 0.500. The lowest BCUT2D eigenvalue weighted by atomic mass is 10.2. The van der Waals surface area contributed by atoms with E-state index in [0.717, 1.165) is 5.56 Å². The van der Waals surface area contributed by atoms with Gasteiger partial charge in [-0.1, -0.05) is 23.7 Å². The summed E-state index contributed by atoms with van der Waals surface area (Å²) in [7, 11) is -1.25. The summed E-state index contributed by atoms with van der Waals surface area (Å²) in [5.41, 5.74) is 1.09. The molecule has 0 fully saturated rings. The van der Waals surface area contributed by atoms with Crippen LogP contribution in [0, 0.1) is 0 Å². The second-order valence-electron chi connectivity index (χ2n) is 5.02. The van der Waals surface area contributed by atoms with Gasteiger partial charge >= 0.3 is 0 Å². The highest BCUT2D eigenvalue weighted by Gasteiger charge is 2.09. The Kier molecular flexibility index (Phi) is 6.98. The van der Waals surface area contributed by atoms with E-state index < -0.39 is 9.84 Å². The molecule has 1 atom stereocenters. The molecular formula is C14H22ClN3O2S. The van der Waals surface area contributed by atoms with E-state index in [1.165, 1.54) is 6.26 Å². The molecule has 21 heavy (non-hydrogen) atoms. The molecule has 0 saturated heterocycles. The first-order chi connectivity index (χ1) is 9.80. The van der Waals surface area contributed by atoms with E-state index in [4.69, 9.17) is 11.6 Å². The zero-order valence-corrected chi connectivity index (χ0v) is 14.1. The Labute approximate surface area is 131 Å². The Hall–Kier alpha value is -1.27. The summed E-state index contributed by atoms with van der Waals surface area (Å²) in [6, 6.07) is 7.58. The first-order valence-corrected chi connectivity index (χ1v) is 9.13. The number of aliphatic imine (C=N–C) groups is 1. The fourth-order valence-electron chi connectivity index (χ4n) is 1.68. The minimum atomic E-state index is -2.93.